The Bertz CT molecular complexity index is 463. The third-order valence-corrected chi connectivity index (χ3v) is 3.12. The molecule has 0 aromatic heterocycles. The second-order valence-corrected chi connectivity index (χ2v) is 4.79. The predicted molar refractivity (Wildman–Crippen MR) is 76.3 cm³/mol. The summed E-state index contributed by atoms with van der Waals surface area (Å²) in [6.07, 6.45) is 0.687. The normalized spacial score (nSPS) is 9.84. The van der Waals surface area contributed by atoms with E-state index < -0.39 is 0 Å². The highest BCUT2D eigenvalue weighted by Crippen LogP contribution is 2.22. The maximum Gasteiger partial charge on any atom is 0.252 e. The molecule has 0 fully saturated rings. The van der Waals surface area contributed by atoms with Crippen LogP contribution in [0.4, 0.5) is 0 Å². The molecule has 0 aliphatic carbocycles. The molecular formula is C13H17BrN2O3. The predicted octanol–water partition coefficient (Wildman–Crippen LogP) is 1.71. The van der Waals surface area contributed by atoms with Crippen molar-refractivity contribution in [2.24, 2.45) is 0 Å². The first kappa shape index (κ1) is 15.5. The van der Waals surface area contributed by atoms with Gasteiger partial charge in [0.15, 0.2) is 0 Å². The second-order valence-electron chi connectivity index (χ2n) is 3.94. The number of rotatable bonds is 6. The van der Waals surface area contributed by atoms with Gasteiger partial charge in [0, 0.05) is 24.5 Å². The van der Waals surface area contributed by atoms with E-state index in [1.807, 2.05) is 0 Å². The lowest BCUT2D eigenvalue weighted by atomic mass is 10.2. The van der Waals surface area contributed by atoms with Crippen LogP contribution in [0.25, 0.3) is 0 Å². The number of ether oxygens (including phenoxy) is 1. The van der Waals surface area contributed by atoms with E-state index in [0.717, 1.165) is 0 Å². The number of amides is 2. The quantitative estimate of drug-likeness (QED) is 0.781. The molecular weight excluding hydrogens is 312 g/mol. The molecule has 0 saturated heterocycles. The summed E-state index contributed by atoms with van der Waals surface area (Å²) < 4.78 is 5.80. The van der Waals surface area contributed by atoms with Crippen LogP contribution < -0.4 is 15.4 Å². The number of hydrogen-bond acceptors (Lipinski definition) is 3. The first-order valence-corrected chi connectivity index (χ1v) is 6.70. The minimum Gasteiger partial charge on any atom is -0.497 e. The van der Waals surface area contributed by atoms with E-state index in [2.05, 4.69) is 26.6 Å². The molecule has 2 amide bonds. The summed E-state index contributed by atoms with van der Waals surface area (Å²) in [5.41, 5.74) is 0.527. The molecule has 6 heteroatoms. The molecule has 0 atom stereocenters. The van der Waals surface area contributed by atoms with E-state index >= 15 is 0 Å². The summed E-state index contributed by atoms with van der Waals surface area (Å²) in [5, 5.41) is 5.46. The van der Waals surface area contributed by atoms with Crippen molar-refractivity contribution in [1.29, 1.82) is 0 Å². The molecule has 104 valence electrons. The zero-order valence-electron chi connectivity index (χ0n) is 11.0. The smallest absolute Gasteiger partial charge is 0.252 e. The average molecular weight is 329 g/mol. The summed E-state index contributed by atoms with van der Waals surface area (Å²) in [7, 11) is 1.55. The fourth-order valence-electron chi connectivity index (χ4n) is 1.46. The van der Waals surface area contributed by atoms with Crippen molar-refractivity contribution in [2.75, 3.05) is 20.2 Å². The molecule has 0 radical (unpaired) electrons. The SMILES string of the molecule is COc1ccc(Br)c(C(=O)NCCCNC(C)=O)c1. The summed E-state index contributed by atoms with van der Waals surface area (Å²) in [5.74, 6) is 0.391. The largest absolute Gasteiger partial charge is 0.497 e. The number of methoxy groups -OCH3 is 1. The molecule has 0 bridgehead atoms. The van der Waals surface area contributed by atoms with Gasteiger partial charge in [-0.25, -0.2) is 0 Å². The molecule has 1 aromatic carbocycles. The Balaban J connectivity index is 2.47. The highest BCUT2D eigenvalue weighted by atomic mass is 79.9. The number of benzene rings is 1. The van der Waals surface area contributed by atoms with Crippen LogP contribution >= 0.6 is 15.9 Å². The summed E-state index contributed by atoms with van der Waals surface area (Å²) in [6.45, 7) is 2.52. The maximum atomic E-state index is 11.9. The van der Waals surface area contributed by atoms with E-state index in [1.54, 1.807) is 25.3 Å². The molecule has 0 heterocycles. The van der Waals surface area contributed by atoms with Crippen LogP contribution in [0, 0.1) is 0 Å². The Hall–Kier alpha value is -1.56. The van der Waals surface area contributed by atoms with Gasteiger partial charge in [-0.15, -0.1) is 0 Å². The van der Waals surface area contributed by atoms with Gasteiger partial charge in [0.2, 0.25) is 5.91 Å². The molecule has 0 spiro atoms. The lowest BCUT2D eigenvalue weighted by molar-refractivity contribution is -0.118. The van der Waals surface area contributed by atoms with Gasteiger partial charge in [-0.2, -0.15) is 0 Å². The van der Waals surface area contributed by atoms with Gasteiger partial charge < -0.3 is 15.4 Å². The van der Waals surface area contributed by atoms with Crippen LogP contribution in [-0.2, 0) is 4.79 Å². The van der Waals surface area contributed by atoms with Crippen LogP contribution in [0.1, 0.15) is 23.7 Å². The first-order valence-electron chi connectivity index (χ1n) is 5.90. The number of nitrogens with one attached hydrogen (secondary N) is 2. The zero-order valence-corrected chi connectivity index (χ0v) is 12.5. The van der Waals surface area contributed by atoms with Crippen molar-refractivity contribution in [3.8, 4) is 5.75 Å². The Kier molecular flexibility index (Phi) is 6.35. The molecule has 0 saturated carbocycles. The van der Waals surface area contributed by atoms with Crippen molar-refractivity contribution in [1.82, 2.24) is 10.6 Å². The van der Waals surface area contributed by atoms with Gasteiger partial charge in [-0.1, -0.05) is 0 Å². The number of halogens is 1. The van der Waals surface area contributed by atoms with E-state index in [0.29, 0.717) is 35.3 Å². The molecule has 0 unspecified atom stereocenters. The van der Waals surface area contributed by atoms with Gasteiger partial charge in [0.1, 0.15) is 5.75 Å². The van der Waals surface area contributed by atoms with Gasteiger partial charge >= 0.3 is 0 Å². The molecule has 1 aromatic rings. The maximum absolute atomic E-state index is 11.9. The first-order chi connectivity index (χ1) is 9.04. The second kappa shape index (κ2) is 7.78. The van der Waals surface area contributed by atoms with Crippen LogP contribution in [0.2, 0.25) is 0 Å². The van der Waals surface area contributed by atoms with E-state index in [4.69, 9.17) is 4.74 Å². The molecule has 0 aliphatic heterocycles. The minimum absolute atomic E-state index is 0.0677. The van der Waals surface area contributed by atoms with Gasteiger partial charge in [-0.3, -0.25) is 9.59 Å². The van der Waals surface area contributed by atoms with E-state index in [-0.39, 0.29) is 11.8 Å². The summed E-state index contributed by atoms with van der Waals surface area (Å²) >= 11 is 3.33. The third-order valence-electron chi connectivity index (χ3n) is 2.43. The molecule has 0 aliphatic rings. The summed E-state index contributed by atoms with van der Waals surface area (Å²) in [4.78, 5) is 22.6. The highest BCUT2D eigenvalue weighted by molar-refractivity contribution is 9.10. The lowest BCUT2D eigenvalue weighted by Gasteiger charge is -2.08. The Morgan fingerprint density at radius 2 is 1.95 bits per heavy atom. The van der Waals surface area contributed by atoms with Gasteiger partial charge in [-0.05, 0) is 40.5 Å². The van der Waals surface area contributed by atoms with Crippen LogP contribution in [0.5, 0.6) is 5.75 Å². The number of hydrogen-bond donors (Lipinski definition) is 2. The zero-order chi connectivity index (χ0) is 14.3. The van der Waals surface area contributed by atoms with Crippen molar-refractivity contribution in [3.05, 3.63) is 28.2 Å². The van der Waals surface area contributed by atoms with Gasteiger partial charge in [0.25, 0.3) is 5.91 Å². The van der Waals surface area contributed by atoms with E-state index in [9.17, 15) is 9.59 Å². The Morgan fingerprint density at radius 1 is 1.26 bits per heavy atom. The summed E-state index contributed by atoms with van der Waals surface area (Å²) in [6, 6.07) is 5.22. The minimum atomic E-state index is -0.173. The van der Waals surface area contributed by atoms with Crippen LogP contribution in [-0.4, -0.2) is 32.0 Å². The van der Waals surface area contributed by atoms with Crippen molar-refractivity contribution in [3.63, 3.8) is 0 Å². The standard InChI is InChI=1S/C13H17BrN2O3/c1-9(17)15-6-3-7-16-13(18)11-8-10(19-2)4-5-12(11)14/h4-5,8H,3,6-7H2,1-2H3,(H,15,17)(H,16,18). The van der Waals surface area contributed by atoms with Crippen molar-refractivity contribution >= 4 is 27.7 Å². The number of carbonyl (C=O) groups is 2. The molecule has 19 heavy (non-hydrogen) atoms. The Labute approximate surface area is 120 Å². The molecule has 5 nitrogen and oxygen atoms in total. The van der Waals surface area contributed by atoms with Gasteiger partial charge in [0.05, 0.1) is 12.7 Å². The fraction of sp³-hybridized carbons (Fsp3) is 0.385. The third kappa shape index (κ3) is 5.30. The van der Waals surface area contributed by atoms with Crippen LogP contribution in [0.15, 0.2) is 22.7 Å². The molecule has 2 N–H and O–H groups in total. The Morgan fingerprint density at radius 3 is 2.58 bits per heavy atom. The van der Waals surface area contributed by atoms with Crippen LogP contribution in [0.3, 0.4) is 0 Å². The highest BCUT2D eigenvalue weighted by Gasteiger charge is 2.10. The average Bonchev–Trinajstić information content (AvgIpc) is 2.38. The fourth-order valence-corrected chi connectivity index (χ4v) is 1.88. The topological polar surface area (TPSA) is 67.4 Å². The lowest BCUT2D eigenvalue weighted by Crippen LogP contribution is -2.29. The van der Waals surface area contributed by atoms with Crippen molar-refractivity contribution in [2.45, 2.75) is 13.3 Å². The molecule has 1 rings (SSSR count). The monoisotopic (exact) mass is 328 g/mol. The van der Waals surface area contributed by atoms with E-state index in [1.165, 1.54) is 6.92 Å². The number of carbonyl (C=O) groups excluding carboxylic acids is 2. The van der Waals surface area contributed by atoms with Crippen molar-refractivity contribution < 1.29 is 14.3 Å².